The monoisotopic (exact) mass is 302 g/mol. The summed E-state index contributed by atoms with van der Waals surface area (Å²) in [5, 5.41) is 10.2. The number of carbonyl (C=O) groups excluding carboxylic acids is 1. The number of carbonyl (C=O) groups is 2. The molecule has 0 aliphatic carbocycles. The summed E-state index contributed by atoms with van der Waals surface area (Å²) in [4.78, 5) is 30.1. The number of carboxylic acids is 1. The zero-order valence-corrected chi connectivity index (χ0v) is 12.3. The molecule has 0 saturated heterocycles. The van der Waals surface area contributed by atoms with E-state index in [-0.39, 0.29) is 5.91 Å². The lowest BCUT2D eigenvalue weighted by molar-refractivity contribution is -0.142. The van der Waals surface area contributed by atoms with Crippen LogP contribution in [0.15, 0.2) is 30.5 Å². The van der Waals surface area contributed by atoms with Crippen LogP contribution < -0.4 is 0 Å². The standard InChI is InChI=1S/C15H14N2O3S/c1-9-16-7-13(21-9)14(18)17-8-11-5-3-2-4-10(11)6-12(17)15(19)20/h2-5,7,12H,6,8H2,1H3,(H,19,20)/t12-/m1/s1. The maximum atomic E-state index is 12.6. The first-order valence-corrected chi connectivity index (χ1v) is 7.41. The Hall–Kier alpha value is -2.21. The average molecular weight is 302 g/mol. The van der Waals surface area contributed by atoms with E-state index in [1.807, 2.05) is 31.2 Å². The minimum Gasteiger partial charge on any atom is -0.480 e. The summed E-state index contributed by atoms with van der Waals surface area (Å²) < 4.78 is 0. The van der Waals surface area contributed by atoms with Gasteiger partial charge in [-0.1, -0.05) is 24.3 Å². The molecule has 0 saturated carbocycles. The van der Waals surface area contributed by atoms with Crippen molar-refractivity contribution in [3.63, 3.8) is 0 Å². The molecule has 0 unspecified atom stereocenters. The van der Waals surface area contributed by atoms with Crippen LogP contribution in [0.1, 0.15) is 25.8 Å². The predicted molar refractivity (Wildman–Crippen MR) is 78.3 cm³/mol. The lowest BCUT2D eigenvalue weighted by Crippen LogP contribution is -2.48. The third-order valence-electron chi connectivity index (χ3n) is 3.63. The molecule has 0 radical (unpaired) electrons. The van der Waals surface area contributed by atoms with Gasteiger partial charge in [-0.25, -0.2) is 9.78 Å². The highest BCUT2D eigenvalue weighted by atomic mass is 32.1. The van der Waals surface area contributed by atoms with E-state index in [2.05, 4.69) is 4.98 Å². The van der Waals surface area contributed by atoms with Crippen molar-refractivity contribution in [1.29, 1.82) is 0 Å². The highest BCUT2D eigenvalue weighted by molar-refractivity contribution is 7.13. The summed E-state index contributed by atoms with van der Waals surface area (Å²) in [6, 6.07) is 6.83. The van der Waals surface area contributed by atoms with Crippen LogP contribution in [0.2, 0.25) is 0 Å². The Morgan fingerprint density at radius 1 is 1.33 bits per heavy atom. The molecule has 2 heterocycles. The van der Waals surface area contributed by atoms with Crippen molar-refractivity contribution in [2.45, 2.75) is 25.9 Å². The van der Waals surface area contributed by atoms with E-state index in [0.29, 0.717) is 17.8 Å². The Labute approximate surface area is 125 Å². The van der Waals surface area contributed by atoms with Crippen molar-refractivity contribution in [2.24, 2.45) is 0 Å². The predicted octanol–water partition coefficient (Wildman–Crippen LogP) is 2.10. The molecule has 3 rings (SSSR count). The number of fused-ring (bicyclic) bond motifs is 1. The van der Waals surface area contributed by atoms with Crippen LogP contribution >= 0.6 is 11.3 Å². The number of rotatable bonds is 2. The zero-order chi connectivity index (χ0) is 15.0. The van der Waals surface area contributed by atoms with Crippen molar-refractivity contribution >= 4 is 23.2 Å². The van der Waals surface area contributed by atoms with Gasteiger partial charge in [-0.2, -0.15) is 0 Å². The van der Waals surface area contributed by atoms with Crippen LogP contribution in [-0.2, 0) is 17.8 Å². The lowest BCUT2D eigenvalue weighted by Gasteiger charge is -2.34. The molecule has 1 amide bonds. The Morgan fingerprint density at radius 2 is 2.05 bits per heavy atom. The number of nitrogens with zero attached hydrogens (tertiary/aromatic N) is 2. The second-order valence-electron chi connectivity index (χ2n) is 5.00. The molecule has 1 atom stereocenters. The number of benzene rings is 1. The number of hydrogen-bond acceptors (Lipinski definition) is 4. The quantitative estimate of drug-likeness (QED) is 0.922. The van der Waals surface area contributed by atoms with E-state index in [1.165, 1.54) is 22.4 Å². The fraction of sp³-hybridized carbons (Fsp3) is 0.267. The molecule has 1 N–H and O–H groups in total. The second kappa shape index (κ2) is 5.29. The SMILES string of the molecule is Cc1ncc(C(=O)N2Cc3ccccc3C[C@@H]2C(=O)O)s1. The highest BCUT2D eigenvalue weighted by Crippen LogP contribution is 2.26. The Morgan fingerprint density at radius 3 is 2.67 bits per heavy atom. The van der Waals surface area contributed by atoms with Gasteiger partial charge in [-0.05, 0) is 18.1 Å². The van der Waals surface area contributed by atoms with Crippen LogP contribution in [0.3, 0.4) is 0 Å². The first-order valence-electron chi connectivity index (χ1n) is 6.59. The summed E-state index contributed by atoms with van der Waals surface area (Å²) in [7, 11) is 0. The number of amides is 1. The topological polar surface area (TPSA) is 70.5 Å². The molecular weight excluding hydrogens is 288 g/mol. The molecule has 21 heavy (non-hydrogen) atoms. The van der Waals surface area contributed by atoms with E-state index in [4.69, 9.17) is 0 Å². The van der Waals surface area contributed by atoms with Gasteiger partial charge in [0.25, 0.3) is 5.91 Å². The van der Waals surface area contributed by atoms with E-state index in [1.54, 1.807) is 0 Å². The van der Waals surface area contributed by atoms with Crippen LogP contribution in [-0.4, -0.2) is 32.9 Å². The number of aliphatic carboxylic acids is 1. The molecule has 0 spiro atoms. The zero-order valence-electron chi connectivity index (χ0n) is 11.4. The van der Waals surface area contributed by atoms with Gasteiger partial charge < -0.3 is 10.0 Å². The molecule has 108 valence electrons. The normalized spacial score (nSPS) is 17.4. The Kier molecular flexibility index (Phi) is 3.47. The number of thiazole rings is 1. The van der Waals surface area contributed by atoms with E-state index in [9.17, 15) is 14.7 Å². The van der Waals surface area contributed by atoms with Crippen molar-refractivity contribution < 1.29 is 14.7 Å². The molecule has 0 bridgehead atoms. The summed E-state index contributed by atoms with van der Waals surface area (Å²) >= 11 is 1.29. The van der Waals surface area contributed by atoms with Crippen LogP contribution in [0.5, 0.6) is 0 Å². The lowest BCUT2D eigenvalue weighted by atomic mass is 9.94. The van der Waals surface area contributed by atoms with Gasteiger partial charge in [-0.3, -0.25) is 4.79 Å². The fourth-order valence-corrected chi connectivity index (χ4v) is 3.29. The molecular formula is C15H14N2O3S. The number of aryl methyl sites for hydroxylation is 1. The van der Waals surface area contributed by atoms with Gasteiger partial charge >= 0.3 is 5.97 Å². The first kappa shape index (κ1) is 13.8. The van der Waals surface area contributed by atoms with E-state index in [0.717, 1.165) is 16.1 Å². The van der Waals surface area contributed by atoms with Crippen LogP contribution in [0.4, 0.5) is 0 Å². The smallest absolute Gasteiger partial charge is 0.326 e. The number of hydrogen-bond donors (Lipinski definition) is 1. The maximum absolute atomic E-state index is 12.6. The van der Waals surface area contributed by atoms with Crippen molar-refractivity contribution in [3.8, 4) is 0 Å². The minimum absolute atomic E-state index is 0.262. The average Bonchev–Trinajstić information content (AvgIpc) is 2.91. The molecule has 0 fully saturated rings. The van der Waals surface area contributed by atoms with Crippen molar-refractivity contribution in [2.75, 3.05) is 0 Å². The molecule has 2 aromatic rings. The van der Waals surface area contributed by atoms with Gasteiger partial charge in [-0.15, -0.1) is 11.3 Å². The molecule has 1 aliphatic rings. The third-order valence-corrected chi connectivity index (χ3v) is 4.53. The highest BCUT2D eigenvalue weighted by Gasteiger charge is 2.35. The summed E-state index contributed by atoms with van der Waals surface area (Å²) in [5.74, 6) is -1.23. The van der Waals surface area contributed by atoms with E-state index < -0.39 is 12.0 Å². The number of carboxylic acid groups (broad SMARTS) is 1. The molecule has 5 nitrogen and oxygen atoms in total. The van der Waals surface area contributed by atoms with Crippen molar-refractivity contribution in [3.05, 3.63) is 51.5 Å². The van der Waals surface area contributed by atoms with Gasteiger partial charge in [0.05, 0.1) is 11.2 Å². The Bertz CT molecular complexity index is 710. The first-order chi connectivity index (χ1) is 10.1. The summed E-state index contributed by atoms with van der Waals surface area (Å²) in [5.41, 5.74) is 2.00. The van der Waals surface area contributed by atoms with Crippen LogP contribution in [0.25, 0.3) is 0 Å². The molecule has 6 heteroatoms. The molecule has 1 aliphatic heterocycles. The minimum atomic E-state index is -0.973. The fourth-order valence-electron chi connectivity index (χ4n) is 2.56. The van der Waals surface area contributed by atoms with Gasteiger partial charge in [0.1, 0.15) is 10.9 Å². The number of aromatic nitrogens is 1. The molecule has 1 aromatic carbocycles. The van der Waals surface area contributed by atoms with Crippen LogP contribution in [0, 0.1) is 6.92 Å². The third kappa shape index (κ3) is 2.54. The maximum Gasteiger partial charge on any atom is 0.326 e. The summed E-state index contributed by atoms with van der Waals surface area (Å²) in [6.07, 6.45) is 1.86. The Balaban J connectivity index is 1.96. The largest absolute Gasteiger partial charge is 0.480 e. The molecule has 1 aromatic heterocycles. The van der Waals surface area contributed by atoms with Gasteiger partial charge in [0, 0.05) is 13.0 Å². The van der Waals surface area contributed by atoms with Gasteiger partial charge in [0.15, 0.2) is 0 Å². The van der Waals surface area contributed by atoms with Gasteiger partial charge in [0.2, 0.25) is 0 Å². The summed E-state index contributed by atoms with van der Waals surface area (Å²) in [6.45, 7) is 2.14. The second-order valence-corrected chi connectivity index (χ2v) is 6.24. The van der Waals surface area contributed by atoms with Crippen molar-refractivity contribution in [1.82, 2.24) is 9.88 Å². The van der Waals surface area contributed by atoms with E-state index >= 15 is 0 Å².